The zero-order valence-corrected chi connectivity index (χ0v) is 11.2. The third-order valence-corrected chi connectivity index (χ3v) is 3.40. The lowest BCUT2D eigenvalue weighted by molar-refractivity contribution is -0.600. The van der Waals surface area contributed by atoms with Crippen LogP contribution < -0.4 is 3.96 Å². The van der Waals surface area contributed by atoms with Gasteiger partial charge < -0.3 is 0 Å². The molecule has 3 nitrogen and oxygen atoms in total. The second-order valence-electron chi connectivity index (χ2n) is 3.97. The molecular weight excluding hydrogens is 230 g/mol. The first-order valence-electron chi connectivity index (χ1n) is 5.66. The Balaban J connectivity index is 2.21. The average Bonchev–Trinajstić information content (AvgIpc) is 2.73. The van der Waals surface area contributed by atoms with E-state index in [-0.39, 0.29) is 0 Å². The molecule has 0 aliphatic heterocycles. The first kappa shape index (κ1) is 11.9. The fraction of sp³-hybridized carbons (Fsp3) is 0.308. The van der Waals surface area contributed by atoms with Gasteiger partial charge in [0, 0.05) is 6.07 Å². The minimum Gasteiger partial charge on any atom is -0.149 e. The summed E-state index contributed by atoms with van der Waals surface area (Å²) in [5, 5.41) is 9.45. The lowest BCUT2D eigenvalue weighted by Crippen LogP contribution is -2.18. The molecule has 0 fully saturated rings. The van der Waals surface area contributed by atoms with E-state index in [9.17, 15) is 0 Å². The Morgan fingerprint density at radius 2 is 2.06 bits per heavy atom. The molecule has 0 unspecified atom stereocenters. The van der Waals surface area contributed by atoms with Crippen molar-refractivity contribution >= 4 is 22.2 Å². The lowest BCUT2D eigenvalue weighted by Gasteiger charge is -2.01. The summed E-state index contributed by atoms with van der Waals surface area (Å²) in [6, 6.07) is 8.27. The molecule has 1 aromatic heterocycles. The Bertz CT molecular complexity index is 543. The largest absolute Gasteiger partial charge is 0.208 e. The Kier molecular flexibility index (Phi) is 3.64. The summed E-state index contributed by atoms with van der Waals surface area (Å²) in [7, 11) is 1.99. The van der Waals surface area contributed by atoms with E-state index in [1.54, 1.807) is 11.5 Å². The summed E-state index contributed by atoms with van der Waals surface area (Å²) in [6.45, 7) is 4.23. The van der Waals surface area contributed by atoms with E-state index in [4.69, 9.17) is 0 Å². The molecule has 0 saturated heterocycles. The highest BCUT2D eigenvalue weighted by atomic mass is 32.1. The van der Waals surface area contributed by atoms with Crippen LogP contribution in [0, 0.1) is 6.92 Å². The predicted octanol–water partition coefficient (Wildman–Crippen LogP) is 3.86. The van der Waals surface area contributed by atoms with Crippen LogP contribution in [0.3, 0.4) is 0 Å². The van der Waals surface area contributed by atoms with Crippen LogP contribution in [0.1, 0.15) is 18.1 Å². The zero-order valence-electron chi connectivity index (χ0n) is 10.3. The van der Waals surface area contributed by atoms with E-state index in [2.05, 4.69) is 36.2 Å². The van der Waals surface area contributed by atoms with Crippen LogP contribution >= 0.6 is 11.5 Å². The van der Waals surface area contributed by atoms with Gasteiger partial charge in [0.15, 0.2) is 24.8 Å². The maximum Gasteiger partial charge on any atom is 0.208 e. The minimum atomic E-state index is 0.923. The average molecular weight is 246 g/mol. The maximum absolute atomic E-state index is 4.29. The molecule has 0 bridgehead atoms. The fourth-order valence-electron chi connectivity index (χ4n) is 1.58. The van der Waals surface area contributed by atoms with Crippen molar-refractivity contribution in [1.82, 2.24) is 0 Å². The Morgan fingerprint density at radius 1 is 1.24 bits per heavy atom. The topological polar surface area (TPSA) is 28.6 Å². The number of rotatable bonds is 3. The molecule has 17 heavy (non-hydrogen) atoms. The number of hydrogen-bond acceptors (Lipinski definition) is 3. The first-order valence-corrected chi connectivity index (χ1v) is 6.43. The van der Waals surface area contributed by atoms with E-state index in [0.29, 0.717) is 0 Å². The highest BCUT2D eigenvalue weighted by molar-refractivity contribution is 7.05. The normalized spacial score (nSPS) is 11.2. The van der Waals surface area contributed by atoms with Crippen LogP contribution in [0.15, 0.2) is 40.7 Å². The molecule has 88 valence electrons. The summed E-state index contributed by atoms with van der Waals surface area (Å²) in [5.41, 5.74) is 3.45. The number of azo groups is 1. The summed E-state index contributed by atoms with van der Waals surface area (Å²) in [5.74, 6) is 0. The highest BCUT2D eigenvalue weighted by Gasteiger charge is 2.02. The van der Waals surface area contributed by atoms with Crippen LogP contribution in [-0.4, -0.2) is 0 Å². The third-order valence-electron chi connectivity index (χ3n) is 2.59. The molecule has 2 aromatic rings. The van der Waals surface area contributed by atoms with Gasteiger partial charge in [0.25, 0.3) is 0 Å². The number of benzene rings is 1. The molecule has 0 aliphatic carbocycles. The minimum absolute atomic E-state index is 0.923. The summed E-state index contributed by atoms with van der Waals surface area (Å²) < 4.78 is 2.00. The standard InChI is InChI=1S/C13H16N3S/c1-4-11-5-6-12(10(2)9-11)14-15-13-7-8-16(3)17-13/h5-9H,4H2,1-3H3/q+1. The van der Waals surface area contributed by atoms with Gasteiger partial charge in [-0.2, -0.15) is 0 Å². The fourth-order valence-corrected chi connectivity index (χ4v) is 2.20. The van der Waals surface area contributed by atoms with Crippen LogP contribution in [0.4, 0.5) is 10.7 Å². The van der Waals surface area contributed by atoms with Crippen molar-refractivity contribution in [2.45, 2.75) is 20.3 Å². The van der Waals surface area contributed by atoms with Crippen LogP contribution in [0.25, 0.3) is 0 Å². The summed E-state index contributed by atoms with van der Waals surface area (Å²) in [4.78, 5) is 0. The molecule has 4 heteroatoms. The first-order chi connectivity index (χ1) is 8.19. The van der Waals surface area contributed by atoms with Gasteiger partial charge in [0.2, 0.25) is 5.00 Å². The molecule has 0 saturated carbocycles. The van der Waals surface area contributed by atoms with Crippen molar-refractivity contribution in [2.75, 3.05) is 0 Å². The molecule has 1 heterocycles. The Morgan fingerprint density at radius 3 is 2.65 bits per heavy atom. The zero-order chi connectivity index (χ0) is 12.3. The van der Waals surface area contributed by atoms with E-state index in [0.717, 1.165) is 17.1 Å². The second kappa shape index (κ2) is 5.19. The van der Waals surface area contributed by atoms with E-state index in [1.165, 1.54) is 11.1 Å². The van der Waals surface area contributed by atoms with Gasteiger partial charge in [0.05, 0.1) is 5.69 Å². The molecule has 0 spiro atoms. The molecule has 0 amide bonds. The smallest absolute Gasteiger partial charge is 0.149 e. The van der Waals surface area contributed by atoms with Gasteiger partial charge in [0.1, 0.15) is 0 Å². The van der Waals surface area contributed by atoms with Gasteiger partial charge in [-0.3, -0.25) is 0 Å². The molecular formula is C13H16N3S+. The second-order valence-corrected chi connectivity index (χ2v) is 5.14. The van der Waals surface area contributed by atoms with Crippen LogP contribution in [0.5, 0.6) is 0 Å². The number of aromatic nitrogens is 1. The van der Waals surface area contributed by atoms with Crippen molar-refractivity contribution in [1.29, 1.82) is 0 Å². The van der Waals surface area contributed by atoms with Gasteiger partial charge in [-0.1, -0.05) is 19.1 Å². The predicted molar refractivity (Wildman–Crippen MR) is 70.2 cm³/mol. The van der Waals surface area contributed by atoms with Crippen molar-refractivity contribution < 1.29 is 3.96 Å². The maximum atomic E-state index is 4.29. The highest BCUT2D eigenvalue weighted by Crippen LogP contribution is 2.24. The Labute approximate surface area is 106 Å². The molecule has 2 rings (SSSR count). The molecule has 0 N–H and O–H groups in total. The number of nitrogens with zero attached hydrogens (tertiary/aromatic N) is 3. The van der Waals surface area contributed by atoms with Crippen molar-refractivity contribution in [3.8, 4) is 0 Å². The Hall–Kier alpha value is -1.55. The SMILES string of the molecule is CCc1ccc(N=Nc2cc[n+](C)s2)c(C)c1. The van der Waals surface area contributed by atoms with Crippen molar-refractivity contribution in [2.24, 2.45) is 17.3 Å². The monoisotopic (exact) mass is 246 g/mol. The van der Waals surface area contributed by atoms with Gasteiger partial charge in [-0.15, -0.1) is 14.2 Å². The number of hydrogen-bond donors (Lipinski definition) is 0. The van der Waals surface area contributed by atoms with Gasteiger partial charge >= 0.3 is 0 Å². The lowest BCUT2D eigenvalue weighted by atomic mass is 10.1. The van der Waals surface area contributed by atoms with Crippen molar-refractivity contribution in [3.63, 3.8) is 0 Å². The summed E-state index contributed by atoms with van der Waals surface area (Å²) in [6.07, 6.45) is 3.03. The van der Waals surface area contributed by atoms with Crippen molar-refractivity contribution in [3.05, 3.63) is 41.6 Å². The van der Waals surface area contributed by atoms with Gasteiger partial charge in [-0.05, 0) is 30.5 Å². The molecule has 0 aliphatic rings. The molecule has 0 radical (unpaired) electrons. The third kappa shape index (κ3) is 2.97. The van der Waals surface area contributed by atoms with Gasteiger partial charge in [-0.25, -0.2) is 0 Å². The van der Waals surface area contributed by atoms with E-state index < -0.39 is 0 Å². The molecule has 1 aromatic carbocycles. The quantitative estimate of drug-likeness (QED) is 0.581. The van der Waals surface area contributed by atoms with Crippen LogP contribution in [0.2, 0.25) is 0 Å². The number of aryl methyl sites for hydroxylation is 3. The van der Waals surface area contributed by atoms with Crippen LogP contribution in [-0.2, 0) is 13.5 Å². The van der Waals surface area contributed by atoms with E-state index >= 15 is 0 Å². The molecule has 0 atom stereocenters. The summed E-state index contributed by atoms with van der Waals surface area (Å²) >= 11 is 1.58. The van der Waals surface area contributed by atoms with E-state index in [1.807, 2.05) is 29.3 Å².